The summed E-state index contributed by atoms with van der Waals surface area (Å²) in [5, 5.41) is 0.670. The third-order valence-corrected chi connectivity index (χ3v) is 2.60. The Morgan fingerprint density at radius 2 is 2.00 bits per heavy atom. The van der Waals surface area contributed by atoms with Crippen LogP contribution in [0, 0.1) is 5.92 Å². The molecule has 1 rings (SSSR count). The van der Waals surface area contributed by atoms with E-state index in [4.69, 9.17) is 17.0 Å². The molecule has 1 aliphatic heterocycles. The molecule has 1 saturated heterocycles. The maximum absolute atomic E-state index is 5.36. The van der Waals surface area contributed by atoms with Crippen molar-refractivity contribution in [3.63, 3.8) is 0 Å². The Morgan fingerprint density at radius 3 is 2.33 bits per heavy atom. The predicted octanol–water partition coefficient (Wildman–Crippen LogP) is 2.04. The second-order valence-corrected chi connectivity index (χ2v) is 4.24. The van der Waals surface area contributed by atoms with Gasteiger partial charge < -0.3 is 9.64 Å². The molecule has 0 N–H and O–H groups in total. The highest BCUT2D eigenvalue weighted by molar-refractivity contribution is 7.80. The van der Waals surface area contributed by atoms with Gasteiger partial charge in [-0.25, -0.2) is 0 Å². The Bertz CT molecular complexity index is 179. The van der Waals surface area contributed by atoms with E-state index in [9.17, 15) is 0 Å². The first-order chi connectivity index (χ1) is 5.54. The van der Waals surface area contributed by atoms with E-state index in [0.717, 1.165) is 6.61 Å². The Kier molecular flexibility index (Phi) is 2.94. The molecule has 0 spiro atoms. The SMILES string of the molecule is CC(C)[C@H]1COC(=S)N1C(C)C. The maximum atomic E-state index is 5.36. The van der Waals surface area contributed by atoms with Crippen LogP contribution in [0.3, 0.4) is 0 Å². The molecule has 0 aromatic heterocycles. The van der Waals surface area contributed by atoms with Gasteiger partial charge in [0.05, 0.1) is 6.04 Å². The van der Waals surface area contributed by atoms with Crippen molar-refractivity contribution in [2.75, 3.05) is 6.61 Å². The number of hydrogen-bond donors (Lipinski definition) is 0. The van der Waals surface area contributed by atoms with Crippen molar-refractivity contribution in [2.24, 2.45) is 5.92 Å². The van der Waals surface area contributed by atoms with Gasteiger partial charge in [0, 0.05) is 6.04 Å². The number of thiocarbonyl (C=S) groups is 1. The van der Waals surface area contributed by atoms with E-state index >= 15 is 0 Å². The van der Waals surface area contributed by atoms with Gasteiger partial charge >= 0.3 is 0 Å². The molecule has 1 aliphatic rings. The lowest BCUT2D eigenvalue weighted by Gasteiger charge is -2.29. The first-order valence-corrected chi connectivity index (χ1v) is 4.90. The van der Waals surface area contributed by atoms with Crippen LogP contribution in [0.15, 0.2) is 0 Å². The molecule has 0 saturated carbocycles. The topological polar surface area (TPSA) is 12.5 Å². The maximum Gasteiger partial charge on any atom is 0.259 e. The van der Waals surface area contributed by atoms with Gasteiger partial charge in [-0.05, 0) is 32.0 Å². The van der Waals surface area contributed by atoms with Crippen LogP contribution in [0.4, 0.5) is 0 Å². The molecule has 0 bridgehead atoms. The van der Waals surface area contributed by atoms with Gasteiger partial charge in [-0.2, -0.15) is 0 Å². The lowest BCUT2D eigenvalue weighted by Crippen LogP contribution is -2.41. The van der Waals surface area contributed by atoms with Crippen molar-refractivity contribution in [1.82, 2.24) is 4.90 Å². The van der Waals surface area contributed by atoms with Gasteiger partial charge in [-0.1, -0.05) is 13.8 Å². The van der Waals surface area contributed by atoms with Crippen LogP contribution in [0.1, 0.15) is 27.7 Å². The highest BCUT2D eigenvalue weighted by atomic mass is 32.1. The zero-order valence-corrected chi connectivity index (χ0v) is 9.02. The monoisotopic (exact) mass is 187 g/mol. The summed E-state index contributed by atoms with van der Waals surface area (Å²) < 4.78 is 5.36. The molecular formula is C9H17NOS. The van der Waals surface area contributed by atoms with Crippen molar-refractivity contribution >= 4 is 17.4 Å². The minimum absolute atomic E-state index is 0.451. The van der Waals surface area contributed by atoms with Crippen LogP contribution in [-0.4, -0.2) is 28.8 Å². The number of rotatable bonds is 2. The van der Waals surface area contributed by atoms with Crippen molar-refractivity contribution in [2.45, 2.75) is 39.8 Å². The molecule has 3 heteroatoms. The molecule has 0 unspecified atom stereocenters. The van der Waals surface area contributed by atoms with Crippen LogP contribution >= 0.6 is 12.2 Å². The summed E-state index contributed by atoms with van der Waals surface area (Å²) in [4.78, 5) is 2.19. The second-order valence-electron chi connectivity index (χ2n) is 3.89. The fourth-order valence-corrected chi connectivity index (χ4v) is 1.97. The molecule has 1 heterocycles. The largest absolute Gasteiger partial charge is 0.469 e. The minimum Gasteiger partial charge on any atom is -0.469 e. The predicted molar refractivity (Wildman–Crippen MR) is 54.2 cm³/mol. The zero-order valence-electron chi connectivity index (χ0n) is 8.20. The molecule has 0 aliphatic carbocycles. The molecule has 12 heavy (non-hydrogen) atoms. The van der Waals surface area contributed by atoms with Gasteiger partial charge in [0.15, 0.2) is 0 Å². The molecule has 0 amide bonds. The quantitative estimate of drug-likeness (QED) is 0.614. The average Bonchev–Trinajstić information content (AvgIpc) is 2.30. The van der Waals surface area contributed by atoms with Crippen molar-refractivity contribution < 1.29 is 4.74 Å². The average molecular weight is 187 g/mol. The number of ether oxygens (including phenoxy) is 1. The first-order valence-electron chi connectivity index (χ1n) is 4.49. The zero-order chi connectivity index (χ0) is 9.30. The highest BCUT2D eigenvalue weighted by Crippen LogP contribution is 2.21. The van der Waals surface area contributed by atoms with E-state index in [-0.39, 0.29) is 0 Å². The van der Waals surface area contributed by atoms with E-state index < -0.39 is 0 Å². The van der Waals surface area contributed by atoms with Crippen LogP contribution in [0.5, 0.6) is 0 Å². The lowest BCUT2D eigenvalue weighted by atomic mass is 10.0. The minimum atomic E-state index is 0.451. The van der Waals surface area contributed by atoms with Crippen molar-refractivity contribution in [1.29, 1.82) is 0 Å². The summed E-state index contributed by atoms with van der Waals surface area (Å²) in [6, 6.07) is 0.921. The summed E-state index contributed by atoms with van der Waals surface area (Å²) in [7, 11) is 0. The first kappa shape index (κ1) is 9.78. The van der Waals surface area contributed by atoms with E-state index in [1.807, 2.05) is 0 Å². The van der Waals surface area contributed by atoms with Crippen molar-refractivity contribution in [3.05, 3.63) is 0 Å². The molecule has 1 atom stereocenters. The van der Waals surface area contributed by atoms with Crippen LogP contribution < -0.4 is 0 Å². The molecule has 0 aromatic carbocycles. The molecule has 1 fully saturated rings. The summed E-state index contributed by atoms with van der Waals surface area (Å²) in [6.45, 7) is 9.47. The van der Waals surface area contributed by atoms with Crippen LogP contribution in [-0.2, 0) is 4.74 Å². The molecule has 2 nitrogen and oxygen atoms in total. The van der Waals surface area contributed by atoms with E-state index in [1.165, 1.54) is 0 Å². The molecular weight excluding hydrogens is 170 g/mol. The smallest absolute Gasteiger partial charge is 0.259 e. The normalized spacial score (nSPS) is 24.0. The van der Waals surface area contributed by atoms with Gasteiger partial charge in [-0.3, -0.25) is 0 Å². The molecule has 0 aromatic rings. The molecule has 70 valence electrons. The fraction of sp³-hybridized carbons (Fsp3) is 0.889. The third-order valence-electron chi connectivity index (χ3n) is 2.27. The second kappa shape index (κ2) is 3.60. The van der Waals surface area contributed by atoms with E-state index in [0.29, 0.717) is 23.2 Å². The van der Waals surface area contributed by atoms with E-state index in [2.05, 4.69) is 32.6 Å². The van der Waals surface area contributed by atoms with Gasteiger partial charge in [0.1, 0.15) is 6.61 Å². The summed E-state index contributed by atoms with van der Waals surface area (Å²) in [5.74, 6) is 0.604. The fourth-order valence-electron chi connectivity index (χ4n) is 1.55. The number of nitrogens with zero attached hydrogens (tertiary/aromatic N) is 1. The Hall–Kier alpha value is -0.310. The molecule has 0 radical (unpaired) electrons. The Labute approximate surface area is 79.9 Å². The van der Waals surface area contributed by atoms with Gasteiger partial charge in [0.25, 0.3) is 5.17 Å². The Balaban J connectivity index is 2.70. The standard InChI is InChI=1S/C9H17NOS/c1-6(2)8-5-11-9(12)10(8)7(3)4/h6-8H,5H2,1-4H3/t8-/m1/s1. The van der Waals surface area contributed by atoms with Crippen LogP contribution in [0.2, 0.25) is 0 Å². The number of hydrogen-bond acceptors (Lipinski definition) is 2. The summed E-state index contributed by atoms with van der Waals surface area (Å²) in [5.41, 5.74) is 0. The lowest BCUT2D eigenvalue weighted by molar-refractivity contribution is 0.228. The summed E-state index contributed by atoms with van der Waals surface area (Å²) in [6.07, 6.45) is 0. The van der Waals surface area contributed by atoms with Crippen LogP contribution in [0.25, 0.3) is 0 Å². The highest BCUT2D eigenvalue weighted by Gasteiger charge is 2.33. The van der Waals surface area contributed by atoms with Gasteiger partial charge in [0.2, 0.25) is 0 Å². The third kappa shape index (κ3) is 1.71. The van der Waals surface area contributed by atoms with E-state index in [1.54, 1.807) is 0 Å². The Morgan fingerprint density at radius 1 is 1.42 bits per heavy atom. The van der Waals surface area contributed by atoms with Crippen molar-refractivity contribution in [3.8, 4) is 0 Å². The summed E-state index contributed by atoms with van der Waals surface area (Å²) >= 11 is 5.12. The van der Waals surface area contributed by atoms with Gasteiger partial charge in [-0.15, -0.1) is 0 Å².